The van der Waals surface area contributed by atoms with Gasteiger partial charge in [-0.3, -0.25) is 14.5 Å². The summed E-state index contributed by atoms with van der Waals surface area (Å²) in [5.41, 5.74) is 0.735. The van der Waals surface area contributed by atoms with E-state index in [-0.39, 0.29) is 41.6 Å². The molecule has 0 aliphatic carbocycles. The first-order valence-electron chi connectivity index (χ1n) is 11.5. The number of carbonyl (C=O) groups is 2. The lowest BCUT2D eigenvalue weighted by atomic mass is 9.87. The molecule has 0 spiro atoms. The van der Waals surface area contributed by atoms with Crippen LogP contribution in [0.1, 0.15) is 47.1 Å². The predicted octanol–water partition coefficient (Wildman–Crippen LogP) is 1.97. The molecule has 2 aliphatic rings. The summed E-state index contributed by atoms with van der Waals surface area (Å²) < 4.78 is 12.5. The van der Waals surface area contributed by atoms with Gasteiger partial charge >= 0.3 is 6.09 Å². The van der Waals surface area contributed by atoms with Gasteiger partial charge in [0, 0.05) is 57.5 Å². The fourth-order valence-corrected chi connectivity index (χ4v) is 4.65. The molecule has 0 saturated carbocycles. The Hall–Kier alpha value is -2.39. The first-order valence-corrected chi connectivity index (χ1v) is 11.5. The number of methoxy groups -OCH3 is 1. The zero-order valence-corrected chi connectivity index (χ0v) is 21.2. The maximum atomic E-state index is 13.5. The van der Waals surface area contributed by atoms with Gasteiger partial charge in [-0.25, -0.2) is 4.79 Å². The summed E-state index contributed by atoms with van der Waals surface area (Å²) in [4.78, 5) is 44.0. The number of piperazine rings is 1. The third kappa shape index (κ3) is 5.41. The molecule has 1 aromatic heterocycles. The van der Waals surface area contributed by atoms with Gasteiger partial charge in [-0.1, -0.05) is 13.8 Å². The molecule has 1 aromatic rings. The second-order valence-corrected chi connectivity index (χ2v) is 10.9. The minimum atomic E-state index is -0.573. The van der Waals surface area contributed by atoms with Gasteiger partial charge in [-0.05, 0) is 33.3 Å². The number of hydrogen-bond acceptors (Lipinski definition) is 6. The highest BCUT2D eigenvalue weighted by atomic mass is 16.6. The molecule has 0 bridgehead atoms. The topological polar surface area (TPSA) is 84.3 Å². The number of anilines is 1. The van der Waals surface area contributed by atoms with Crippen LogP contribution in [0.5, 0.6) is 0 Å². The van der Waals surface area contributed by atoms with Gasteiger partial charge in [0.15, 0.2) is 0 Å². The number of carbonyl (C=O) groups excluding carboxylic acids is 2. The molecule has 1 saturated heterocycles. The number of nitrogens with zero attached hydrogens (tertiary/aromatic N) is 4. The maximum Gasteiger partial charge on any atom is 0.410 e. The average molecular weight is 463 g/mol. The first-order chi connectivity index (χ1) is 15.2. The molecule has 3 rings (SSSR count). The molecule has 0 unspecified atom stereocenters. The minimum Gasteiger partial charge on any atom is -0.444 e. The van der Waals surface area contributed by atoms with E-state index >= 15 is 0 Å². The van der Waals surface area contributed by atoms with Crippen molar-refractivity contribution in [2.24, 2.45) is 7.05 Å². The summed E-state index contributed by atoms with van der Waals surface area (Å²) in [6.07, 6.45) is 1.40. The lowest BCUT2D eigenvalue weighted by molar-refractivity contribution is -0.121. The third-order valence-corrected chi connectivity index (χ3v) is 6.36. The number of aryl methyl sites for hydroxylation is 1. The van der Waals surface area contributed by atoms with Gasteiger partial charge in [0.2, 0.25) is 5.91 Å². The molecular weight excluding hydrogens is 424 g/mol. The highest BCUT2D eigenvalue weighted by Crippen LogP contribution is 2.39. The summed E-state index contributed by atoms with van der Waals surface area (Å²) in [7, 11) is 3.32. The Labute approximate surface area is 196 Å². The molecular formula is C24H38N4O5. The Morgan fingerprint density at radius 1 is 1.21 bits per heavy atom. The Balaban J connectivity index is 1.78. The van der Waals surface area contributed by atoms with E-state index in [0.717, 1.165) is 11.3 Å². The molecule has 2 amide bonds. The molecule has 0 N–H and O–H groups in total. The average Bonchev–Trinajstić information content (AvgIpc) is 2.93. The van der Waals surface area contributed by atoms with Crippen molar-refractivity contribution in [1.82, 2.24) is 14.4 Å². The standard InChI is InChI=1S/C24H38N4O5/c1-16-10-26(17(14-32-8)11-27(16)22(31)33-23(2,3)4)13-21(30)28-15-24(5,6)18-9-20(29)25(7)12-19(18)28/h9,12,16-17H,10-11,13-15H2,1-8H3/t16-,17-/m1/s1. The van der Waals surface area contributed by atoms with Crippen LogP contribution in [-0.2, 0) is 26.7 Å². The molecule has 0 radical (unpaired) electrons. The van der Waals surface area contributed by atoms with Crippen molar-refractivity contribution in [1.29, 1.82) is 0 Å². The van der Waals surface area contributed by atoms with Gasteiger partial charge in [0.1, 0.15) is 5.60 Å². The lowest BCUT2D eigenvalue weighted by Gasteiger charge is -2.45. The van der Waals surface area contributed by atoms with Crippen molar-refractivity contribution in [3.8, 4) is 0 Å². The van der Waals surface area contributed by atoms with Crippen LogP contribution in [0.15, 0.2) is 17.1 Å². The largest absolute Gasteiger partial charge is 0.444 e. The molecule has 9 heteroatoms. The summed E-state index contributed by atoms with van der Waals surface area (Å²) in [6.45, 7) is 13.7. The minimum absolute atomic E-state index is 0.0282. The van der Waals surface area contributed by atoms with Gasteiger partial charge in [0.25, 0.3) is 5.56 Å². The third-order valence-electron chi connectivity index (χ3n) is 6.36. The SMILES string of the molecule is COC[C@H]1CN(C(=O)OC(C)(C)C)[C@H](C)CN1CC(=O)N1CC(C)(C)c2cc(=O)n(C)cc21. The van der Waals surface area contributed by atoms with Crippen molar-refractivity contribution in [2.75, 3.05) is 44.8 Å². The van der Waals surface area contributed by atoms with Crippen molar-refractivity contribution in [2.45, 2.75) is 64.6 Å². The van der Waals surface area contributed by atoms with Crippen LogP contribution in [0.25, 0.3) is 0 Å². The molecule has 184 valence electrons. The van der Waals surface area contributed by atoms with E-state index in [2.05, 4.69) is 4.90 Å². The van der Waals surface area contributed by atoms with Crippen molar-refractivity contribution < 1.29 is 19.1 Å². The zero-order chi connectivity index (χ0) is 24.7. The Morgan fingerprint density at radius 2 is 1.88 bits per heavy atom. The zero-order valence-electron chi connectivity index (χ0n) is 21.2. The predicted molar refractivity (Wildman–Crippen MR) is 127 cm³/mol. The molecule has 2 atom stereocenters. The lowest BCUT2D eigenvalue weighted by Crippen LogP contribution is -2.62. The van der Waals surface area contributed by atoms with Crippen LogP contribution in [0.3, 0.4) is 0 Å². The quantitative estimate of drug-likeness (QED) is 0.680. The monoisotopic (exact) mass is 462 g/mol. The van der Waals surface area contributed by atoms with Crippen molar-refractivity contribution >= 4 is 17.7 Å². The fourth-order valence-electron chi connectivity index (χ4n) is 4.65. The van der Waals surface area contributed by atoms with Crippen molar-refractivity contribution in [3.63, 3.8) is 0 Å². The highest BCUT2D eigenvalue weighted by Gasteiger charge is 2.41. The van der Waals surface area contributed by atoms with Gasteiger partial charge in [-0.15, -0.1) is 0 Å². The molecule has 3 heterocycles. The maximum absolute atomic E-state index is 13.5. The van der Waals surface area contributed by atoms with Crippen LogP contribution in [-0.4, -0.2) is 83.9 Å². The van der Waals surface area contributed by atoms with Gasteiger partial charge in [0.05, 0.1) is 24.9 Å². The summed E-state index contributed by atoms with van der Waals surface area (Å²) >= 11 is 0. The van der Waals surface area contributed by atoms with Gasteiger partial charge < -0.3 is 23.8 Å². The molecule has 1 fully saturated rings. The van der Waals surface area contributed by atoms with E-state index in [1.165, 1.54) is 4.57 Å². The van der Waals surface area contributed by atoms with Crippen molar-refractivity contribution in [3.05, 3.63) is 28.2 Å². The Kier molecular flexibility index (Phi) is 6.96. The number of amides is 2. The number of hydrogen-bond donors (Lipinski definition) is 0. The number of rotatable bonds is 4. The van der Waals surface area contributed by atoms with Crippen LogP contribution in [0.4, 0.5) is 10.5 Å². The normalized spacial score (nSPS) is 22.9. The molecule has 9 nitrogen and oxygen atoms in total. The molecule has 0 aromatic carbocycles. The van der Waals surface area contributed by atoms with E-state index in [1.807, 2.05) is 41.5 Å². The summed E-state index contributed by atoms with van der Waals surface area (Å²) in [5, 5.41) is 0. The molecule has 2 aliphatic heterocycles. The van der Waals surface area contributed by atoms with Crippen LogP contribution < -0.4 is 10.5 Å². The van der Waals surface area contributed by atoms with Gasteiger partial charge in [-0.2, -0.15) is 0 Å². The highest BCUT2D eigenvalue weighted by molar-refractivity contribution is 5.97. The van der Waals surface area contributed by atoms with E-state index in [0.29, 0.717) is 26.2 Å². The fraction of sp³-hybridized carbons (Fsp3) is 0.708. The van der Waals surface area contributed by atoms with Crippen LogP contribution in [0.2, 0.25) is 0 Å². The van der Waals surface area contributed by atoms with E-state index in [1.54, 1.807) is 36.2 Å². The second-order valence-electron chi connectivity index (χ2n) is 10.9. The summed E-state index contributed by atoms with van der Waals surface area (Å²) in [5.74, 6) is -0.0282. The molecule has 33 heavy (non-hydrogen) atoms. The van der Waals surface area contributed by atoms with Crippen LogP contribution >= 0.6 is 0 Å². The number of fused-ring (bicyclic) bond motifs is 1. The first kappa shape index (κ1) is 25.2. The second kappa shape index (κ2) is 9.10. The smallest absolute Gasteiger partial charge is 0.410 e. The Morgan fingerprint density at radius 3 is 2.48 bits per heavy atom. The number of aromatic nitrogens is 1. The van der Waals surface area contributed by atoms with E-state index < -0.39 is 5.60 Å². The van der Waals surface area contributed by atoms with Crippen LogP contribution in [0, 0.1) is 0 Å². The number of pyridine rings is 1. The van der Waals surface area contributed by atoms with E-state index in [4.69, 9.17) is 9.47 Å². The Bertz CT molecular complexity index is 965. The number of ether oxygens (including phenoxy) is 2. The van der Waals surface area contributed by atoms with E-state index in [9.17, 15) is 14.4 Å². The summed E-state index contributed by atoms with van der Waals surface area (Å²) in [6, 6.07) is 1.40.